The van der Waals surface area contributed by atoms with Crippen LogP contribution in [0.2, 0.25) is 0 Å². The van der Waals surface area contributed by atoms with Crippen LogP contribution in [0, 0.1) is 0 Å². The molecule has 1 aromatic carbocycles. The van der Waals surface area contributed by atoms with Crippen LogP contribution >= 0.6 is 0 Å². The molecule has 94 valence electrons. The standard InChI is InChI=1S/C14H21NO2/c1-16-10-13(17-2)11-4-6-12(7-5-11)14(15)8-3-9-14/h4-7,13H,3,8-10,15H2,1-2H3. The molecule has 1 aliphatic rings. The van der Waals surface area contributed by atoms with Crippen molar-refractivity contribution in [1.29, 1.82) is 0 Å². The smallest absolute Gasteiger partial charge is 0.105 e. The van der Waals surface area contributed by atoms with Crippen LogP contribution in [0.1, 0.15) is 36.5 Å². The zero-order chi connectivity index (χ0) is 12.3. The second-order valence-electron chi connectivity index (χ2n) is 4.81. The number of benzene rings is 1. The van der Waals surface area contributed by atoms with Gasteiger partial charge in [0.1, 0.15) is 6.10 Å². The Morgan fingerprint density at radius 3 is 2.29 bits per heavy atom. The molecule has 1 atom stereocenters. The van der Waals surface area contributed by atoms with Gasteiger partial charge in [0, 0.05) is 19.8 Å². The minimum absolute atomic E-state index is 0.00386. The van der Waals surface area contributed by atoms with Crippen molar-refractivity contribution < 1.29 is 9.47 Å². The summed E-state index contributed by atoms with van der Waals surface area (Å²) in [6.07, 6.45) is 3.43. The van der Waals surface area contributed by atoms with Gasteiger partial charge in [-0.3, -0.25) is 0 Å². The molecule has 17 heavy (non-hydrogen) atoms. The molecular weight excluding hydrogens is 214 g/mol. The zero-order valence-corrected chi connectivity index (χ0v) is 10.6. The van der Waals surface area contributed by atoms with Crippen LogP contribution < -0.4 is 5.73 Å². The molecule has 3 nitrogen and oxygen atoms in total. The van der Waals surface area contributed by atoms with Gasteiger partial charge in [0.15, 0.2) is 0 Å². The summed E-state index contributed by atoms with van der Waals surface area (Å²) in [5.41, 5.74) is 8.58. The van der Waals surface area contributed by atoms with Crippen LogP contribution in [0.4, 0.5) is 0 Å². The highest BCUT2D eigenvalue weighted by Gasteiger charge is 2.34. The van der Waals surface area contributed by atoms with E-state index in [1.165, 1.54) is 12.0 Å². The summed E-state index contributed by atoms with van der Waals surface area (Å²) < 4.78 is 10.5. The Morgan fingerprint density at radius 1 is 1.24 bits per heavy atom. The van der Waals surface area contributed by atoms with Crippen molar-refractivity contribution >= 4 is 0 Å². The third kappa shape index (κ3) is 2.51. The van der Waals surface area contributed by atoms with E-state index in [1.807, 2.05) is 0 Å². The first-order valence-corrected chi connectivity index (χ1v) is 6.10. The predicted octanol–water partition coefficient (Wildman–Crippen LogP) is 2.36. The molecule has 0 aromatic heterocycles. The van der Waals surface area contributed by atoms with Gasteiger partial charge in [-0.15, -0.1) is 0 Å². The number of rotatable bonds is 5. The minimum Gasteiger partial charge on any atom is -0.382 e. The summed E-state index contributed by atoms with van der Waals surface area (Å²) in [6.45, 7) is 0.573. The lowest BCUT2D eigenvalue weighted by molar-refractivity contribution is 0.0274. The predicted molar refractivity (Wildman–Crippen MR) is 67.8 cm³/mol. The van der Waals surface area contributed by atoms with Gasteiger partial charge in [0.2, 0.25) is 0 Å². The summed E-state index contributed by atoms with van der Waals surface area (Å²) in [5, 5.41) is 0. The Morgan fingerprint density at radius 2 is 1.88 bits per heavy atom. The third-order valence-corrected chi connectivity index (χ3v) is 3.71. The summed E-state index contributed by atoms with van der Waals surface area (Å²) in [4.78, 5) is 0. The quantitative estimate of drug-likeness (QED) is 0.852. The van der Waals surface area contributed by atoms with E-state index in [9.17, 15) is 0 Å². The number of methoxy groups -OCH3 is 2. The zero-order valence-electron chi connectivity index (χ0n) is 10.6. The minimum atomic E-state index is -0.0810. The fraction of sp³-hybridized carbons (Fsp3) is 0.571. The van der Waals surface area contributed by atoms with E-state index < -0.39 is 0 Å². The first kappa shape index (κ1) is 12.6. The molecule has 1 fully saturated rings. The van der Waals surface area contributed by atoms with Gasteiger partial charge in [-0.05, 0) is 30.4 Å². The normalized spacial score (nSPS) is 19.7. The highest BCUT2D eigenvalue weighted by Crippen LogP contribution is 2.38. The second kappa shape index (κ2) is 5.17. The van der Waals surface area contributed by atoms with E-state index in [0.29, 0.717) is 6.61 Å². The summed E-state index contributed by atoms with van der Waals surface area (Å²) in [5.74, 6) is 0. The largest absolute Gasteiger partial charge is 0.382 e. The molecule has 1 saturated carbocycles. The van der Waals surface area contributed by atoms with Gasteiger partial charge < -0.3 is 15.2 Å². The monoisotopic (exact) mass is 235 g/mol. The first-order valence-electron chi connectivity index (χ1n) is 6.10. The molecule has 0 spiro atoms. The van der Waals surface area contributed by atoms with Crippen LogP contribution in [0.5, 0.6) is 0 Å². The van der Waals surface area contributed by atoms with Gasteiger partial charge in [-0.1, -0.05) is 24.3 Å². The molecule has 1 aromatic rings. The number of ether oxygens (including phenoxy) is 2. The second-order valence-corrected chi connectivity index (χ2v) is 4.81. The van der Waals surface area contributed by atoms with Gasteiger partial charge in [0.05, 0.1) is 6.61 Å². The Bertz CT molecular complexity index is 357. The van der Waals surface area contributed by atoms with E-state index in [4.69, 9.17) is 15.2 Å². The maximum absolute atomic E-state index is 6.29. The molecule has 0 aliphatic heterocycles. The third-order valence-electron chi connectivity index (χ3n) is 3.71. The molecule has 1 aliphatic carbocycles. The van der Waals surface area contributed by atoms with Crippen molar-refractivity contribution in [3.8, 4) is 0 Å². The Balaban J connectivity index is 2.11. The van der Waals surface area contributed by atoms with Crippen molar-refractivity contribution in [2.75, 3.05) is 20.8 Å². The molecule has 0 bridgehead atoms. The summed E-state index contributed by atoms with van der Waals surface area (Å²) in [7, 11) is 3.39. The maximum atomic E-state index is 6.29. The van der Waals surface area contributed by atoms with Gasteiger partial charge >= 0.3 is 0 Å². The SMILES string of the molecule is COCC(OC)c1ccc(C2(N)CCC2)cc1. The molecule has 2 rings (SSSR count). The van der Waals surface area contributed by atoms with Crippen molar-refractivity contribution in [3.05, 3.63) is 35.4 Å². The van der Waals surface area contributed by atoms with E-state index >= 15 is 0 Å². The summed E-state index contributed by atoms with van der Waals surface area (Å²) in [6, 6.07) is 8.43. The Kier molecular flexibility index (Phi) is 3.82. The van der Waals surface area contributed by atoms with Crippen molar-refractivity contribution in [1.82, 2.24) is 0 Å². The lowest BCUT2D eigenvalue weighted by atomic mass is 9.72. The van der Waals surface area contributed by atoms with Crippen molar-refractivity contribution in [2.45, 2.75) is 30.9 Å². The highest BCUT2D eigenvalue weighted by molar-refractivity contribution is 5.31. The topological polar surface area (TPSA) is 44.5 Å². The van der Waals surface area contributed by atoms with Gasteiger partial charge in [0.25, 0.3) is 0 Å². The molecule has 1 unspecified atom stereocenters. The Hall–Kier alpha value is -0.900. The van der Waals surface area contributed by atoms with Crippen LogP contribution in [-0.4, -0.2) is 20.8 Å². The molecule has 0 heterocycles. The van der Waals surface area contributed by atoms with E-state index in [0.717, 1.165) is 18.4 Å². The number of hydrogen-bond donors (Lipinski definition) is 1. The van der Waals surface area contributed by atoms with Crippen LogP contribution in [0.25, 0.3) is 0 Å². The fourth-order valence-electron chi connectivity index (χ4n) is 2.33. The van der Waals surface area contributed by atoms with E-state index in [2.05, 4.69) is 24.3 Å². The van der Waals surface area contributed by atoms with Crippen molar-refractivity contribution in [3.63, 3.8) is 0 Å². The summed E-state index contributed by atoms with van der Waals surface area (Å²) >= 11 is 0. The molecule has 3 heteroatoms. The number of nitrogens with two attached hydrogens (primary N) is 1. The molecule has 0 radical (unpaired) electrons. The van der Waals surface area contributed by atoms with Crippen LogP contribution in [-0.2, 0) is 15.0 Å². The average Bonchev–Trinajstić information content (AvgIpc) is 2.33. The van der Waals surface area contributed by atoms with E-state index in [1.54, 1.807) is 14.2 Å². The van der Waals surface area contributed by atoms with E-state index in [-0.39, 0.29) is 11.6 Å². The fourth-order valence-corrected chi connectivity index (χ4v) is 2.33. The lowest BCUT2D eigenvalue weighted by Crippen LogP contribution is -2.43. The average molecular weight is 235 g/mol. The maximum Gasteiger partial charge on any atom is 0.105 e. The Labute approximate surface area is 103 Å². The highest BCUT2D eigenvalue weighted by atomic mass is 16.5. The lowest BCUT2D eigenvalue weighted by Gasteiger charge is -2.38. The molecule has 2 N–H and O–H groups in total. The molecular formula is C14H21NO2. The van der Waals surface area contributed by atoms with Crippen molar-refractivity contribution in [2.24, 2.45) is 5.73 Å². The van der Waals surface area contributed by atoms with Gasteiger partial charge in [-0.2, -0.15) is 0 Å². The number of hydrogen-bond acceptors (Lipinski definition) is 3. The molecule has 0 amide bonds. The van der Waals surface area contributed by atoms with Crippen LogP contribution in [0.15, 0.2) is 24.3 Å². The molecule has 0 saturated heterocycles. The first-order chi connectivity index (χ1) is 8.19. The van der Waals surface area contributed by atoms with Gasteiger partial charge in [-0.25, -0.2) is 0 Å². The van der Waals surface area contributed by atoms with Crippen LogP contribution in [0.3, 0.4) is 0 Å².